The molecule has 1 aliphatic heterocycles. The highest BCUT2D eigenvalue weighted by Crippen LogP contribution is 2.28. The summed E-state index contributed by atoms with van der Waals surface area (Å²) in [5.74, 6) is 0. The van der Waals surface area contributed by atoms with Gasteiger partial charge in [-0.25, -0.2) is 0 Å². The molecular formula is C18H28N2O. The second-order valence-corrected chi connectivity index (χ2v) is 7.01. The minimum absolute atomic E-state index is 0.154. The highest BCUT2D eigenvalue weighted by Gasteiger charge is 2.33. The third kappa shape index (κ3) is 3.85. The maximum absolute atomic E-state index is 5.55. The molecule has 21 heavy (non-hydrogen) atoms. The lowest BCUT2D eigenvalue weighted by molar-refractivity contribution is 0.143. The Kier molecular flexibility index (Phi) is 4.63. The molecule has 1 heterocycles. The van der Waals surface area contributed by atoms with E-state index in [9.17, 15) is 0 Å². The van der Waals surface area contributed by atoms with Gasteiger partial charge in [-0.1, -0.05) is 37.3 Å². The summed E-state index contributed by atoms with van der Waals surface area (Å²) >= 11 is 0. The Bertz CT molecular complexity index is 440. The molecule has 1 N–H and O–H groups in total. The molecule has 0 aromatic heterocycles. The van der Waals surface area contributed by atoms with Gasteiger partial charge in [-0.2, -0.15) is 0 Å². The lowest BCUT2D eigenvalue weighted by Gasteiger charge is -2.37. The van der Waals surface area contributed by atoms with Crippen LogP contribution in [0.5, 0.6) is 0 Å². The van der Waals surface area contributed by atoms with E-state index in [0.29, 0.717) is 6.04 Å². The van der Waals surface area contributed by atoms with Gasteiger partial charge in [0.05, 0.1) is 6.61 Å². The standard InChI is InChI=1S/C18H28N2O/c1-18(13-19-16-8-9-16,15-6-4-3-5-7-15)14-20(2)17-10-11-21-12-17/h3-7,16-17,19H,8-14H2,1-2H3. The summed E-state index contributed by atoms with van der Waals surface area (Å²) < 4.78 is 5.55. The number of rotatable bonds is 7. The van der Waals surface area contributed by atoms with Crippen molar-refractivity contribution in [2.45, 2.75) is 43.7 Å². The molecule has 0 spiro atoms. The first-order valence-corrected chi connectivity index (χ1v) is 8.24. The van der Waals surface area contributed by atoms with E-state index in [1.54, 1.807) is 0 Å². The predicted molar refractivity (Wildman–Crippen MR) is 86.7 cm³/mol. The van der Waals surface area contributed by atoms with Crippen LogP contribution in [0.25, 0.3) is 0 Å². The summed E-state index contributed by atoms with van der Waals surface area (Å²) in [4.78, 5) is 2.49. The topological polar surface area (TPSA) is 24.5 Å². The zero-order valence-corrected chi connectivity index (χ0v) is 13.3. The van der Waals surface area contributed by atoms with E-state index in [-0.39, 0.29) is 5.41 Å². The molecule has 1 saturated carbocycles. The highest BCUT2D eigenvalue weighted by molar-refractivity contribution is 5.26. The first kappa shape index (κ1) is 15.0. The number of ether oxygens (including phenoxy) is 1. The Morgan fingerprint density at radius 3 is 2.62 bits per heavy atom. The van der Waals surface area contributed by atoms with Gasteiger partial charge in [0.2, 0.25) is 0 Å². The van der Waals surface area contributed by atoms with Crippen LogP contribution in [-0.4, -0.2) is 50.3 Å². The van der Waals surface area contributed by atoms with E-state index in [1.165, 1.54) is 18.4 Å². The van der Waals surface area contributed by atoms with E-state index in [1.807, 2.05) is 0 Å². The van der Waals surface area contributed by atoms with Crippen molar-refractivity contribution in [1.29, 1.82) is 0 Å². The van der Waals surface area contributed by atoms with Gasteiger partial charge in [-0.15, -0.1) is 0 Å². The van der Waals surface area contributed by atoms with E-state index in [2.05, 4.69) is 54.5 Å². The van der Waals surface area contributed by atoms with Crippen LogP contribution in [0.3, 0.4) is 0 Å². The number of likely N-dealkylation sites (N-methyl/N-ethyl adjacent to an activating group) is 1. The zero-order chi connectivity index (χ0) is 14.7. The Labute approximate surface area is 128 Å². The lowest BCUT2D eigenvalue weighted by Crippen LogP contribution is -2.47. The van der Waals surface area contributed by atoms with Gasteiger partial charge in [0.1, 0.15) is 0 Å². The largest absolute Gasteiger partial charge is 0.380 e. The summed E-state index contributed by atoms with van der Waals surface area (Å²) in [6.45, 7) is 6.32. The van der Waals surface area contributed by atoms with Crippen LogP contribution in [0, 0.1) is 0 Å². The quantitative estimate of drug-likeness (QED) is 0.834. The normalized spacial score (nSPS) is 25.2. The molecule has 2 fully saturated rings. The van der Waals surface area contributed by atoms with Crippen LogP contribution in [0.15, 0.2) is 30.3 Å². The minimum Gasteiger partial charge on any atom is -0.380 e. The molecule has 3 nitrogen and oxygen atoms in total. The van der Waals surface area contributed by atoms with Crippen LogP contribution < -0.4 is 5.32 Å². The molecule has 2 unspecified atom stereocenters. The monoisotopic (exact) mass is 288 g/mol. The average Bonchev–Trinajstić information content (AvgIpc) is 3.17. The molecule has 2 atom stereocenters. The van der Waals surface area contributed by atoms with Crippen molar-refractivity contribution in [3.05, 3.63) is 35.9 Å². The van der Waals surface area contributed by atoms with Gasteiger partial charge in [-0.05, 0) is 31.9 Å². The molecule has 0 amide bonds. The number of hydrogen-bond acceptors (Lipinski definition) is 3. The average molecular weight is 288 g/mol. The number of benzene rings is 1. The summed E-state index contributed by atoms with van der Waals surface area (Å²) in [6.07, 6.45) is 3.85. The van der Waals surface area contributed by atoms with Crippen molar-refractivity contribution >= 4 is 0 Å². The molecule has 0 bridgehead atoms. The molecule has 3 rings (SSSR count). The van der Waals surface area contributed by atoms with E-state index < -0.39 is 0 Å². The van der Waals surface area contributed by atoms with Crippen LogP contribution in [0.1, 0.15) is 31.7 Å². The second-order valence-electron chi connectivity index (χ2n) is 7.01. The van der Waals surface area contributed by atoms with Crippen LogP contribution >= 0.6 is 0 Å². The van der Waals surface area contributed by atoms with Crippen molar-refractivity contribution in [2.24, 2.45) is 0 Å². The van der Waals surface area contributed by atoms with Crippen molar-refractivity contribution in [1.82, 2.24) is 10.2 Å². The summed E-state index contributed by atoms with van der Waals surface area (Å²) in [5.41, 5.74) is 1.59. The maximum Gasteiger partial charge on any atom is 0.0622 e. The maximum atomic E-state index is 5.55. The molecular weight excluding hydrogens is 260 g/mol. The van der Waals surface area contributed by atoms with E-state index in [0.717, 1.165) is 38.8 Å². The Balaban J connectivity index is 1.70. The third-order valence-corrected chi connectivity index (χ3v) is 4.96. The lowest BCUT2D eigenvalue weighted by atomic mass is 9.81. The summed E-state index contributed by atoms with van der Waals surface area (Å²) in [6, 6.07) is 12.3. The Morgan fingerprint density at radius 2 is 2.00 bits per heavy atom. The van der Waals surface area contributed by atoms with Crippen molar-refractivity contribution in [3.8, 4) is 0 Å². The Hall–Kier alpha value is -0.900. The van der Waals surface area contributed by atoms with Gasteiger partial charge < -0.3 is 15.0 Å². The van der Waals surface area contributed by atoms with Crippen LogP contribution in [0.4, 0.5) is 0 Å². The Morgan fingerprint density at radius 1 is 1.24 bits per heavy atom. The van der Waals surface area contributed by atoms with Crippen LogP contribution in [-0.2, 0) is 10.2 Å². The first-order valence-electron chi connectivity index (χ1n) is 8.24. The van der Waals surface area contributed by atoms with Gasteiger partial charge in [0, 0.05) is 37.2 Å². The minimum atomic E-state index is 0.154. The smallest absolute Gasteiger partial charge is 0.0622 e. The SMILES string of the molecule is CN(CC(C)(CNC1CC1)c1ccccc1)C1CCOC1. The van der Waals surface area contributed by atoms with Gasteiger partial charge in [0.25, 0.3) is 0 Å². The molecule has 1 aromatic rings. The van der Waals surface area contributed by atoms with E-state index in [4.69, 9.17) is 4.74 Å². The molecule has 116 valence electrons. The van der Waals surface area contributed by atoms with Crippen molar-refractivity contribution in [3.63, 3.8) is 0 Å². The molecule has 1 aliphatic carbocycles. The number of nitrogens with one attached hydrogen (secondary N) is 1. The van der Waals surface area contributed by atoms with Gasteiger partial charge >= 0.3 is 0 Å². The van der Waals surface area contributed by atoms with Gasteiger partial charge in [-0.3, -0.25) is 0 Å². The predicted octanol–water partition coefficient (Wildman–Crippen LogP) is 2.42. The fourth-order valence-corrected chi connectivity index (χ4v) is 3.30. The van der Waals surface area contributed by atoms with Crippen LogP contribution in [0.2, 0.25) is 0 Å². The van der Waals surface area contributed by atoms with Crippen molar-refractivity contribution in [2.75, 3.05) is 33.4 Å². The number of nitrogens with zero attached hydrogens (tertiary/aromatic N) is 1. The molecule has 2 aliphatic rings. The molecule has 1 aromatic carbocycles. The number of hydrogen-bond donors (Lipinski definition) is 1. The second kappa shape index (κ2) is 6.47. The molecule has 1 saturated heterocycles. The van der Waals surface area contributed by atoms with E-state index >= 15 is 0 Å². The van der Waals surface area contributed by atoms with Crippen molar-refractivity contribution < 1.29 is 4.74 Å². The molecule has 0 radical (unpaired) electrons. The first-order chi connectivity index (χ1) is 10.2. The molecule has 3 heteroatoms. The summed E-state index contributed by atoms with van der Waals surface area (Å²) in [5, 5.41) is 3.73. The fraction of sp³-hybridized carbons (Fsp3) is 0.667. The zero-order valence-electron chi connectivity index (χ0n) is 13.3. The summed E-state index contributed by atoms with van der Waals surface area (Å²) in [7, 11) is 2.25. The van der Waals surface area contributed by atoms with Gasteiger partial charge in [0.15, 0.2) is 0 Å². The highest BCUT2D eigenvalue weighted by atomic mass is 16.5. The third-order valence-electron chi connectivity index (χ3n) is 4.96. The fourth-order valence-electron chi connectivity index (χ4n) is 3.30.